The Morgan fingerprint density at radius 3 is 2.18 bits per heavy atom. The van der Waals surface area contributed by atoms with E-state index in [1.165, 1.54) is 60.9 Å². The van der Waals surface area contributed by atoms with Crippen LogP contribution < -0.4 is 0 Å². The molecule has 33 heavy (non-hydrogen) atoms. The summed E-state index contributed by atoms with van der Waals surface area (Å²) in [4.78, 5) is 0. The van der Waals surface area contributed by atoms with Crippen LogP contribution in [0.2, 0.25) is 0 Å². The third-order valence-corrected chi connectivity index (χ3v) is 8.15. The van der Waals surface area contributed by atoms with Crippen LogP contribution in [0.15, 0.2) is 114 Å². The first-order valence-corrected chi connectivity index (χ1v) is 12.1. The smallest absolute Gasteiger partial charge is 0.0754 e. The van der Waals surface area contributed by atoms with Crippen LogP contribution in [0, 0.1) is 0 Å². The zero-order valence-electron chi connectivity index (χ0n) is 17.7. The number of halogens is 1. The van der Waals surface area contributed by atoms with Gasteiger partial charge in [0.05, 0.1) is 22.1 Å². The molecular weight excluding hydrogens is 466 g/mol. The molecule has 1 atom stereocenters. The van der Waals surface area contributed by atoms with Crippen LogP contribution in [0.25, 0.3) is 38.6 Å². The maximum atomic E-state index is 3.79. The van der Waals surface area contributed by atoms with Gasteiger partial charge >= 0.3 is 0 Å². The van der Waals surface area contributed by atoms with Gasteiger partial charge in [0.25, 0.3) is 0 Å². The standard InChI is InChI=1S/C31H18BrN/c32-19-16-17-21-20-8-1-3-11-24(20)31(27(21)18-19)25-12-4-6-15-29(25)33-28-14-5-2-9-22(28)23-10-7-13-26(31)30(23)33/h1-18H/t31-/m1/s1. The van der Waals surface area contributed by atoms with Crippen molar-refractivity contribution < 1.29 is 0 Å². The first-order chi connectivity index (χ1) is 16.3. The number of fused-ring (bicyclic) bond motifs is 12. The van der Waals surface area contributed by atoms with Crippen molar-refractivity contribution in [3.8, 4) is 16.8 Å². The van der Waals surface area contributed by atoms with E-state index in [0.29, 0.717) is 0 Å². The molecule has 1 aromatic heterocycles. The van der Waals surface area contributed by atoms with Crippen molar-refractivity contribution in [3.05, 3.63) is 136 Å². The number of hydrogen-bond acceptors (Lipinski definition) is 0. The molecule has 0 saturated heterocycles. The lowest BCUT2D eigenvalue weighted by atomic mass is 9.65. The molecule has 5 aromatic carbocycles. The summed E-state index contributed by atoms with van der Waals surface area (Å²) in [5.41, 5.74) is 11.6. The molecule has 2 aliphatic rings. The largest absolute Gasteiger partial charge is 0.309 e. The van der Waals surface area contributed by atoms with Crippen LogP contribution in [0.4, 0.5) is 0 Å². The Morgan fingerprint density at radius 2 is 1.24 bits per heavy atom. The minimum atomic E-state index is -0.351. The summed E-state index contributed by atoms with van der Waals surface area (Å²) in [6.07, 6.45) is 0. The summed E-state index contributed by atoms with van der Waals surface area (Å²) in [7, 11) is 0. The Bertz CT molecular complexity index is 1790. The van der Waals surface area contributed by atoms with Gasteiger partial charge in [-0.25, -0.2) is 0 Å². The van der Waals surface area contributed by atoms with Crippen LogP contribution >= 0.6 is 15.9 Å². The average Bonchev–Trinajstić information content (AvgIpc) is 3.35. The van der Waals surface area contributed by atoms with Gasteiger partial charge in [-0.3, -0.25) is 0 Å². The number of nitrogens with zero attached hydrogens (tertiary/aromatic N) is 1. The number of hydrogen-bond donors (Lipinski definition) is 0. The second-order valence-electron chi connectivity index (χ2n) is 9.06. The minimum Gasteiger partial charge on any atom is -0.309 e. The molecule has 154 valence electrons. The van der Waals surface area contributed by atoms with Crippen LogP contribution in [0.1, 0.15) is 22.3 Å². The highest BCUT2D eigenvalue weighted by Gasteiger charge is 2.50. The van der Waals surface area contributed by atoms with E-state index in [2.05, 4.69) is 130 Å². The Hall–Kier alpha value is -3.62. The molecule has 6 aromatic rings. The third kappa shape index (κ3) is 1.96. The van der Waals surface area contributed by atoms with Crippen molar-refractivity contribution >= 4 is 37.7 Å². The first-order valence-electron chi connectivity index (χ1n) is 11.3. The monoisotopic (exact) mass is 483 g/mol. The summed E-state index contributed by atoms with van der Waals surface area (Å²) in [6.45, 7) is 0. The first kappa shape index (κ1) is 17.9. The van der Waals surface area contributed by atoms with Gasteiger partial charge in [0, 0.05) is 15.2 Å². The molecular formula is C31H18BrN. The van der Waals surface area contributed by atoms with Crippen LogP contribution in [-0.4, -0.2) is 4.57 Å². The summed E-state index contributed by atoms with van der Waals surface area (Å²) in [5.74, 6) is 0. The Kier molecular flexibility index (Phi) is 3.27. The highest BCUT2D eigenvalue weighted by atomic mass is 79.9. The van der Waals surface area contributed by atoms with Gasteiger partial charge in [0.1, 0.15) is 0 Å². The van der Waals surface area contributed by atoms with Crippen molar-refractivity contribution in [1.82, 2.24) is 4.57 Å². The van der Waals surface area contributed by atoms with Gasteiger partial charge in [0.15, 0.2) is 0 Å². The fourth-order valence-electron chi connectivity index (χ4n) is 6.53. The minimum absolute atomic E-state index is 0.351. The van der Waals surface area contributed by atoms with Crippen molar-refractivity contribution in [2.75, 3.05) is 0 Å². The lowest BCUT2D eigenvalue weighted by Crippen LogP contribution is -2.33. The molecule has 0 fully saturated rings. The molecule has 1 spiro atoms. The Labute approximate surface area is 200 Å². The van der Waals surface area contributed by atoms with Crippen LogP contribution in [0.3, 0.4) is 0 Å². The maximum absolute atomic E-state index is 3.79. The lowest BCUT2D eigenvalue weighted by molar-refractivity contribution is 0.748. The third-order valence-electron chi connectivity index (χ3n) is 7.65. The van der Waals surface area contributed by atoms with E-state index in [0.717, 1.165) is 4.47 Å². The number of rotatable bonds is 0. The van der Waals surface area contributed by atoms with Gasteiger partial charge in [-0.1, -0.05) is 101 Å². The topological polar surface area (TPSA) is 4.93 Å². The predicted molar refractivity (Wildman–Crippen MR) is 139 cm³/mol. The fraction of sp³-hybridized carbons (Fsp3) is 0.0323. The van der Waals surface area contributed by atoms with Crippen molar-refractivity contribution in [2.45, 2.75) is 5.41 Å². The van der Waals surface area contributed by atoms with Crippen LogP contribution in [0.5, 0.6) is 0 Å². The quantitative estimate of drug-likeness (QED) is 0.204. The molecule has 1 nitrogen and oxygen atoms in total. The molecule has 2 heterocycles. The van der Waals surface area contributed by atoms with Gasteiger partial charge in [-0.05, 0) is 57.6 Å². The van der Waals surface area contributed by atoms with E-state index in [9.17, 15) is 0 Å². The van der Waals surface area contributed by atoms with Crippen LogP contribution in [-0.2, 0) is 5.41 Å². The van der Waals surface area contributed by atoms with E-state index in [-0.39, 0.29) is 5.41 Å². The Morgan fingerprint density at radius 1 is 0.545 bits per heavy atom. The summed E-state index contributed by atoms with van der Waals surface area (Å²) in [6, 6.07) is 40.4. The van der Waals surface area contributed by atoms with E-state index < -0.39 is 0 Å². The molecule has 2 heteroatoms. The van der Waals surface area contributed by atoms with Crippen molar-refractivity contribution in [3.63, 3.8) is 0 Å². The van der Waals surface area contributed by atoms with E-state index >= 15 is 0 Å². The summed E-state index contributed by atoms with van der Waals surface area (Å²) < 4.78 is 3.60. The second kappa shape index (κ2) is 6.03. The normalized spacial score (nSPS) is 17.4. The average molecular weight is 484 g/mol. The molecule has 0 bridgehead atoms. The molecule has 0 amide bonds. The lowest BCUT2D eigenvalue weighted by Gasteiger charge is -2.39. The zero-order valence-corrected chi connectivity index (χ0v) is 19.3. The van der Waals surface area contributed by atoms with Gasteiger partial charge in [0.2, 0.25) is 0 Å². The van der Waals surface area contributed by atoms with Crippen molar-refractivity contribution in [1.29, 1.82) is 0 Å². The number of para-hydroxylation sites is 3. The molecule has 0 radical (unpaired) electrons. The number of aromatic nitrogens is 1. The fourth-order valence-corrected chi connectivity index (χ4v) is 6.90. The zero-order chi connectivity index (χ0) is 21.7. The molecule has 1 aliphatic heterocycles. The van der Waals surface area contributed by atoms with E-state index in [1.54, 1.807) is 0 Å². The van der Waals surface area contributed by atoms with Gasteiger partial charge in [-0.2, -0.15) is 0 Å². The highest BCUT2D eigenvalue weighted by Crippen LogP contribution is 2.61. The molecule has 8 rings (SSSR count). The molecule has 0 N–H and O–H groups in total. The second-order valence-corrected chi connectivity index (χ2v) is 9.97. The Balaban J connectivity index is 1.70. The molecule has 0 saturated carbocycles. The van der Waals surface area contributed by atoms with E-state index in [4.69, 9.17) is 0 Å². The maximum Gasteiger partial charge on any atom is 0.0754 e. The summed E-state index contributed by atoms with van der Waals surface area (Å²) in [5, 5.41) is 2.62. The number of benzene rings is 5. The highest BCUT2D eigenvalue weighted by molar-refractivity contribution is 9.10. The van der Waals surface area contributed by atoms with Gasteiger partial charge < -0.3 is 4.57 Å². The van der Waals surface area contributed by atoms with Gasteiger partial charge in [-0.15, -0.1) is 0 Å². The SMILES string of the molecule is Brc1ccc2c(c1)[C@]1(c3ccccc3-2)c2ccccc2-n2c3ccccc3c3cccc1c32. The molecule has 0 unspecified atom stereocenters. The van der Waals surface area contributed by atoms with E-state index in [1.807, 2.05) is 0 Å². The van der Waals surface area contributed by atoms with Crippen molar-refractivity contribution in [2.24, 2.45) is 0 Å². The summed E-state index contributed by atoms with van der Waals surface area (Å²) >= 11 is 3.79. The molecule has 1 aliphatic carbocycles. The predicted octanol–water partition coefficient (Wildman–Crippen LogP) is 8.22.